The highest BCUT2D eigenvalue weighted by atomic mass is 15.1. The van der Waals surface area contributed by atoms with Gasteiger partial charge in [-0.25, -0.2) is 9.97 Å². The molecule has 0 radical (unpaired) electrons. The SMILES string of the molecule is C[C@]1(c2ccccc2)CCCN(Cc2cncnc2)C1. The summed E-state index contributed by atoms with van der Waals surface area (Å²) in [6.45, 7) is 5.60. The van der Waals surface area contributed by atoms with Crippen molar-refractivity contribution >= 4 is 0 Å². The van der Waals surface area contributed by atoms with Gasteiger partial charge in [0.15, 0.2) is 0 Å². The van der Waals surface area contributed by atoms with E-state index in [4.69, 9.17) is 0 Å². The second-order valence-electron chi connectivity index (χ2n) is 5.99. The highest BCUT2D eigenvalue weighted by Gasteiger charge is 2.32. The lowest BCUT2D eigenvalue weighted by Gasteiger charge is -2.41. The Balaban J connectivity index is 1.73. The molecule has 0 aliphatic carbocycles. The first kappa shape index (κ1) is 13.3. The Morgan fingerprint density at radius 1 is 1.15 bits per heavy atom. The van der Waals surface area contributed by atoms with Gasteiger partial charge in [0.05, 0.1) is 0 Å². The molecule has 20 heavy (non-hydrogen) atoms. The molecular formula is C17H21N3. The summed E-state index contributed by atoms with van der Waals surface area (Å²) in [4.78, 5) is 10.7. The highest BCUT2D eigenvalue weighted by molar-refractivity contribution is 5.25. The molecule has 3 nitrogen and oxygen atoms in total. The Labute approximate surface area is 120 Å². The largest absolute Gasteiger partial charge is 0.298 e. The van der Waals surface area contributed by atoms with Gasteiger partial charge in [-0.2, -0.15) is 0 Å². The number of nitrogens with zero attached hydrogens (tertiary/aromatic N) is 3. The molecule has 3 rings (SSSR count). The van der Waals surface area contributed by atoms with Crippen LogP contribution in [0.5, 0.6) is 0 Å². The summed E-state index contributed by atoms with van der Waals surface area (Å²) in [5, 5.41) is 0. The van der Waals surface area contributed by atoms with E-state index in [0.717, 1.165) is 19.6 Å². The Kier molecular flexibility index (Phi) is 3.79. The number of piperidine rings is 1. The van der Waals surface area contributed by atoms with Crippen molar-refractivity contribution in [1.82, 2.24) is 14.9 Å². The molecule has 0 unspecified atom stereocenters. The topological polar surface area (TPSA) is 29.0 Å². The van der Waals surface area contributed by atoms with Gasteiger partial charge < -0.3 is 0 Å². The normalized spacial score (nSPS) is 23.6. The lowest BCUT2D eigenvalue weighted by molar-refractivity contribution is 0.149. The zero-order chi connectivity index (χ0) is 13.8. The molecule has 0 amide bonds. The summed E-state index contributed by atoms with van der Waals surface area (Å²) < 4.78 is 0. The molecule has 1 aliphatic heterocycles. The second-order valence-corrected chi connectivity index (χ2v) is 5.99. The molecule has 1 saturated heterocycles. The average Bonchev–Trinajstić information content (AvgIpc) is 2.49. The number of hydrogen-bond acceptors (Lipinski definition) is 3. The smallest absolute Gasteiger partial charge is 0.115 e. The van der Waals surface area contributed by atoms with Gasteiger partial charge in [0, 0.05) is 36.5 Å². The van der Waals surface area contributed by atoms with Crippen molar-refractivity contribution in [3.05, 3.63) is 60.2 Å². The average molecular weight is 267 g/mol. The maximum atomic E-state index is 4.11. The number of hydrogen-bond donors (Lipinski definition) is 0. The van der Waals surface area contributed by atoms with Gasteiger partial charge in [-0.1, -0.05) is 37.3 Å². The summed E-state index contributed by atoms with van der Waals surface area (Å²) in [6.07, 6.45) is 7.94. The van der Waals surface area contributed by atoms with E-state index in [1.54, 1.807) is 6.33 Å². The van der Waals surface area contributed by atoms with Gasteiger partial charge >= 0.3 is 0 Å². The molecule has 1 aromatic heterocycles. The Morgan fingerprint density at radius 2 is 1.90 bits per heavy atom. The Hall–Kier alpha value is -1.74. The lowest BCUT2D eigenvalue weighted by Crippen LogP contribution is -2.43. The fourth-order valence-corrected chi connectivity index (χ4v) is 3.23. The monoisotopic (exact) mass is 267 g/mol. The van der Waals surface area contributed by atoms with Crippen LogP contribution in [0.4, 0.5) is 0 Å². The van der Waals surface area contributed by atoms with Crippen LogP contribution in [0.25, 0.3) is 0 Å². The fraction of sp³-hybridized carbons (Fsp3) is 0.412. The fourth-order valence-electron chi connectivity index (χ4n) is 3.23. The van der Waals surface area contributed by atoms with E-state index >= 15 is 0 Å². The van der Waals surface area contributed by atoms with Crippen LogP contribution in [-0.2, 0) is 12.0 Å². The minimum absolute atomic E-state index is 0.259. The third-order valence-corrected chi connectivity index (χ3v) is 4.27. The second kappa shape index (κ2) is 5.71. The van der Waals surface area contributed by atoms with Crippen LogP contribution >= 0.6 is 0 Å². The van der Waals surface area contributed by atoms with Crippen LogP contribution < -0.4 is 0 Å². The first-order chi connectivity index (χ1) is 9.76. The number of aromatic nitrogens is 2. The maximum Gasteiger partial charge on any atom is 0.115 e. The number of likely N-dealkylation sites (tertiary alicyclic amines) is 1. The lowest BCUT2D eigenvalue weighted by atomic mass is 9.76. The highest BCUT2D eigenvalue weighted by Crippen LogP contribution is 2.33. The van der Waals surface area contributed by atoms with Gasteiger partial charge in [-0.3, -0.25) is 4.90 Å². The van der Waals surface area contributed by atoms with Gasteiger partial charge in [-0.05, 0) is 24.9 Å². The minimum Gasteiger partial charge on any atom is -0.298 e. The summed E-state index contributed by atoms with van der Waals surface area (Å²) in [5.41, 5.74) is 2.91. The van der Waals surface area contributed by atoms with Crippen molar-refractivity contribution < 1.29 is 0 Å². The standard InChI is InChI=1S/C17H21N3/c1-17(16-6-3-2-4-7-16)8-5-9-20(13-17)12-15-10-18-14-19-11-15/h2-4,6-7,10-11,14H,5,8-9,12-13H2,1H3/t17-/m0/s1. The van der Waals surface area contributed by atoms with Gasteiger partial charge in [0.1, 0.15) is 6.33 Å². The summed E-state index contributed by atoms with van der Waals surface area (Å²) in [6, 6.07) is 10.9. The van der Waals surface area contributed by atoms with Gasteiger partial charge in [-0.15, -0.1) is 0 Å². The van der Waals surface area contributed by atoms with Crippen LogP contribution in [-0.4, -0.2) is 28.0 Å². The van der Waals surface area contributed by atoms with E-state index in [2.05, 4.69) is 52.1 Å². The predicted molar refractivity (Wildman–Crippen MR) is 80.3 cm³/mol. The minimum atomic E-state index is 0.259. The zero-order valence-electron chi connectivity index (χ0n) is 12.0. The van der Waals surface area contributed by atoms with Crippen LogP contribution in [0, 0.1) is 0 Å². The van der Waals surface area contributed by atoms with Gasteiger partial charge in [0.25, 0.3) is 0 Å². The molecule has 0 N–H and O–H groups in total. The molecule has 0 saturated carbocycles. The first-order valence-electron chi connectivity index (χ1n) is 7.28. The van der Waals surface area contributed by atoms with Crippen molar-refractivity contribution in [2.75, 3.05) is 13.1 Å². The number of rotatable bonds is 3. The van der Waals surface area contributed by atoms with E-state index in [9.17, 15) is 0 Å². The quantitative estimate of drug-likeness (QED) is 0.856. The third kappa shape index (κ3) is 2.88. The zero-order valence-corrected chi connectivity index (χ0v) is 12.0. The molecular weight excluding hydrogens is 246 g/mol. The summed E-state index contributed by atoms with van der Waals surface area (Å²) in [5.74, 6) is 0. The third-order valence-electron chi connectivity index (χ3n) is 4.27. The van der Waals surface area contributed by atoms with Crippen LogP contribution in [0.1, 0.15) is 30.9 Å². The Morgan fingerprint density at radius 3 is 2.65 bits per heavy atom. The summed E-state index contributed by atoms with van der Waals surface area (Å²) in [7, 11) is 0. The molecule has 1 atom stereocenters. The van der Waals surface area contributed by atoms with Crippen molar-refractivity contribution in [2.24, 2.45) is 0 Å². The van der Waals surface area contributed by atoms with Crippen LogP contribution in [0.2, 0.25) is 0 Å². The van der Waals surface area contributed by atoms with E-state index in [0.29, 0.717) is 0 Å². The van der Waals surface area contributed by atoms with Crippen molar-refractivity contribution in [2.45, 2.75) is 31.7 Å². The molecule has 0 bridgehead atoms. The van der Waals surface area contributed by atoms with Crippen molar-refractivity contribution in [3.8, 4) is 0 Å². The molecule has 1 aliphatic rings. The molecule has 1 fully saturated rings. The molecule has 2 aromatic rings. The van der Waals surface area contributed by atoms with E-state index in [1.165, 1.54) is 24.0 Å². The van der Waals surface area contributed by atoms with Crippen molar-refractivity contribution in [1.29, 1.82) is 0 Å². The molecule has 3 heteroatoms. The molecule has 1 aromatic carbocycles. The van der Waals surface area contributed by atoms with Gasteiger partial charge in [0.2, 0.25) is 0 Å². The maximum absolute atomic E-state index is 4.11. The first-order valence-corrected chi connectivity index (χ1v) is 7.28. The molecule has 2 heterocycles. The molecule has 104 valence electrons. The van der Waals surface area contributed by atoms with Crippen LogP contribution in [0.3, 0.4) is 0 Å². The summed E-state index contributed by atoms with van der Waals surface area (Å²) >= 11 is 0. The van der Waals surface area contributed by atoms with Crippen molar-refractivity contribution in [3.63, 3.8) is 0 Å². The number of benzene rings is 1. The molecule has 0 spiro atoms. The Bertz CT molecular complexity index is 541. The van der Waals surface area contributed by atoms with E-state index < -0.39 is 0 Å². The van der Waals surface area contributed by atoms with Crippen LogP contribution in [0.15, 0.2) is 49.1 Å². The van der Waals surface area contributed by atoms with E-state index in [1.807, 2.05) is 12.4 Å². The predicted octanol–water partition coefficient (Wildman–Crippen LogP) is 3.03. The van der Waals surface area contributed by atoms with E-state index in [-0.39, 0.29) is 5.41 Å².